The minimum Gasteiger partial charge on any atom is -0.357 e. The fourth-order valence-corrected chi connectivity index (χ4v) is 3.11. The van der Waals surface area contributed by atoms with Crippen LogP contribution < -0.4 is 16.3 Å². The maximum absolute atomic E-state index is 12.3. The maximum Gasteiger partial charge on any atom is 0.345 e. The number of fused-ring (bicyclic) bond motifs is 1. The molecule has 0 spiro atoms. The van der Waals surface area contributed by atoms with E-state index in [2.05, 4.69) is 34.6 Å². The van der Waals surface area contributed by atoms with E-state index in [4.69, 9.17) is 0 Å². The Balaban J connectivity index is 1.75. The molecule has 142 valence electrons. The Labute approximate surface area is 150 Å². The van der Waals surface area contributed by atoms with Crippen LogP contribution in [0.4, 0.5) is 0 Å². The van der Waals surface area contributed by atoms with Gasteiger partial charge in [0.2, 0.25) is 0 Å². The summed E-state index contributed by atoms with van der Waals surface area (Å²) < 4.78 is 3.44. The molecule has 1 aliphatic heterocycles. The van der Waals surface area contributed by atoms with Crippen LogP contribution in [0.3, 0.4) is 0 Å². The van der Waals surface area contributed by atoms with Crippen molar-refractivity contribution in [2.24, 2.45) is 4.99 Å². The number of aliphatic imine (C=N–C) groups is 1. The van der Waals surface area contributed by atoms with Crippen LogP contribution in [0.1, 0.15) is 64.6 Å². The van der Waals surface area contributed by atoms with Crippen molar-refractivity contribution >= 4 is 5.96 Å². The van der Waals surface area contributed by atoms with Crippen LogP contribution in [0.25, 0.3) is 0 Å². The third-order valence-electron chi connectivity index (χ3n) is 4.50. The first-order chi connectivity index (χ1) is 12.3. The first kappa shape index (κ1) is 19.5. The van der Waals surface area contributed by atoms with Crippen molar-refractivity contribution in [3.05, 3.63) is 16.3 Å². The topological polar surface area (TPSA) is 76.2 Å². The second-order valence-electron chi connectivity index (χ2n) is 6.63. The van der Waals surface area contributed by atoms with Crippen molar-refractivity contribution in [1.29, 1.82) is 0 Å². The highest BCUT2D eigenvalue weighted by molar-refractivity contribution is 5.79. The summed E-state index contributed by atoms with van der Waals surface area (Å²) in [5, 5.41) is 11.1. The van der Waals surface area contributed by atoms with Gasteiger partial charge < -0.3 is 10.6 Å². The summed E-state index contributed by atoms with van der Waals surface area (Å²) in [4.78, 5) is 16.9. The average Bonchev–Trinajstić information content (AvgIpc) is 2.94. The van der Waals surface area contributed by atoms with E-state index in [1.165, 1.54) is 25.7 Å². The van der Waals surface area contributed by atoms with Crippen molar-refractivity contribution in [3.8, 4) is 0 Å². The minimum absolute atomic E-state index is 0.0413. The van der Waals surface area contributed by atoms with Crippen LogP contribution in [0.15, 0.2) is 9.79 Å². The lowest BCUT2D eigenvalue weighted by Crippen LogP contribution is -2.38. The van der Waals surface area contributed by atoms with Gasteiger partial charge in [-0.15, -0.1) is 0 Å². The van der Waals surface area contributed by atoms with Gasteiger partial charge in [-0.2, -0.15) is 5.10 Å². The Morgan fingerprint density at radius 3 is 2.80 bits per heavy atom. The van der Waals surface area contributed by atoms with Crippen LogP contribution in [0.2, 0.25) is 0 Å². The van der Waals surface area contributed by atoms with Gasteiger partial charge in [-0.05, 0) is 32.6 Å². The number of aryl methyl sites for hydroxylation is 2. The summed E-state index contributed by atoms with van der Waals surface area (Å²) in [5.74, 6) is 1.82. The van der Waals surface area contributed by atoms with Gasteiger partial charge in [0.15, 0.2) is 5.96 Å². The van der Waals surface area contributed by atoms with Gasteiger partial charge in [0.25, 0.3) is 0 Å². The number of guanidine groups is 1. The standard InChI is InChI=1S/C18H34N6O/c1-3-5-6-8-12-20-17(19-4-2)21-13-10-15-24-18(25)23-14-9-7-11-16(23)22-24/h3-15H2,1-2H3,(H2,19,20,21). The molecule has 0 radical (unpaired) electrons. The van der Waals surface area contributed by atoms with E-state index >= 15 is 0 Å². The molecule has 25 heavy (non-hydrogen) atoms. The van der Waals surface area contributed by atoms with Gasteiger partial charge in [0.1, 0.15) is 5.82 Å². The van der Waals surface area contributed by atoms with Crippen LogP contribution in [0.5, 0.6) is 0 Å². The van der Waals surface area contributed by atoms with E-state index in [0.29, 0.717) is 13.1 Å². The molecule has 0 bridgehead atoms. The molecular formula is C18H34N6O. The lowest BCUT2D eigenvalue weighted by Gasteiger charge is -2.11. The molecule has 0 atom stereocenters. The largest absolute Gasteiger partial charge is 0.357 e. The molecule has 2 rings (SSSR count). The first-order valence-electron chi connectivity index (χ1n) is 9.95. The number of aromatic nitrogens is 3. The molecule has 7 heteroatoms. The lowest BCUT2D eigenvalue weighted by molar-refractivity contribution is 0.509. The van der Waals surface area contributed by atoms with Crippen molar-refractivity contribution in [3.63, 3.8) is 0 Å². The van der Waals surface area contributed by atoms with E-state index in [1.54, 1.807) is 4.68 Å². The van der Waals surface area contributed by atoms with Crippen molar-refractivity contribution < 1.29 is 0 Å². The highest BCUT2D eigenvalue weighted by Gasteiger charge is 2.15. The number of unbranched alkanes of at least 4 members (excludes halogenated alkanes) is 3. The smallest absolute Gasteiger partial charge is 0.345 e. The van der Waals surface area contributed by atoms with Crippen molar-refractivity contribution in [1.82, 2.24) is 25.0 Å². The molecule has 0 saturated heterocycles. The highest BCUT2D eigenvalue weighted by Crippen LogP contribution is 2.09. The molecule has 0 fully saturated rings. The Bertz CT molecular complexity index is 589. The number of nitrogens with one attached hydrogen (secondary N) is 2. The second kappa shape index (κ2) is 10.9. The van der Waals surface area contributed by atoms with Gasteiger partial charge in [-0.25, -0.2) is 9.48 Å². The SMILES string of the molecule is CCCCCCNC(=NCCCn1nc2n(c1=O)CCCC2)NCC. The summed E-state index contributed by atoms with van der Waals surface area (Å²) in [5.41, 5.74) is 0.0413. The summed E-state index contributed by atoms with van der Waals surface area (Å²) in [6.07, 6.45) is 8.94. The van der Waals surface area contributed by atoms with E-state index in [9.17, 15) is 4.79 Å². The van der Waals surface area contributed by atoms with Gasteiger partial charge in [0.05, 0.1) is 0 Å². The molecule has 2 heterocycles. The molecule has 0 saturated carbocycles. The molecule has 0 amide bonds. The third kappa shape index (κ3) is 6.21. The van der Waals surface area contributed by atoms with E-state index in [-0.39, 0.29) is 5.69 Å². The predicted molar refractivity (Wildman–Crippen MR) is 102 cm³/mol. The van der Waals surface area contributed by atoms with Crippen molar-refractivity contribution in [2.75, 3.05) is 19.6 Å². The van der Waals surface area contributed by atoms with Crippen LogP contribution in [0, 0.1) is 0 Å². The summed E-state index contributed by atoms with van der Waals surface area (Å²) in [6.45, 7) is 8.26. The predicted octanol–water partition coefficient (Wildman–Crippen LogP) is 1.91. The molecule has 0 aliphatic carbocycles. The number of hydrogen-bond donors (Lipinski definition) is 2. The van der Waals surface area contributed by atoms with Crippen molar-refractivity contribution in [2.45, 2.75) is 78.3 Å². The number of rotatable bonds is 10. The van der Waals surface area contributed by atoms with Crippen LogP contribution >= 0.6 is 0 Å². The zero-order valence-electron chi connectivity index (χ0n) is 15.9. The summed E-state index contributed by atoms with van der Waals surface area (Å²) >= 11 is 0. The van der Waals surface area contributed by atoms with Crippen LogP contribution in [-0.4, -0.2) is 39.9 Å². The minimum atomic E-state index is 0.0413. The van der Waals surface area contributed by atoms with Crippen LogP contribution in [-0.2, 0) is 19.5 Å². The van der Waals surface area contributed by atoms with E-state index in [1.807, 2.05) is 4.57 Å². The van der Waals surface area contributed by atoms with E-state index in [0.717, 1.165) is 57.1 Å². The Morgan fingerprint density at radius 2 is 2.04 bits per heavy atom. The fraction of sp³-hybridized carbons (Fsp3) is 0.833. The number of hydrogen-bond acceptors (Lipinski definition) is 3. The number of nitrogens with zero attached hydrogens (tertiary/aromatic N) is 4. The molecule has 1 aromatic rings. The molecule has 7 nitrogen and oxygen atoms in total. The molecule has 1 aliphatic rings. The Hall–Kier alpha value is -1.79. The quantitative estimate of drug-likeness (QED) is 0.384. The zero-order valence-corrected chi connectivity index (χ0v) is 15.9. The van der Waals surface area contributed by atoms with Gasteiger partial charge in [-0.3, -0.25) is 9.56 Å². The summed E-state index contributed by atoms with van der Waals surface area (Å²) in [7, 11) is 0. The highest BCUT2D eigenvalue weighted by atomic mass is 16.2. The Morgan fingerprint density at radius 1 is 1.16 bits per heavy atom. The Kier molecular flexibility index (Phi) is 8.55. The fourth-order valence-electron chi connectivity index (χ4n) is 3.11. The normalized spacial score (nSPS) is 14.4. The third-order valence-corrected chi connectivity index (χ3v) is 4.50. The summed E-state index contributed by atoms with van der Waals surface area (Å²) in [6, 6.07) is 0. The molecule has 0 aromatic carbocycles. The second-order valence-corrected chi connectivity index (χ2v) is 6.63. The molecule has 0 unspecified atom stereocenters. The van der Waals surface area contributed by atoms with Gasteiger partial charge >= 0.3 is 5.69 Å². The van der Waals surface area contributed by atoms with Gasteiger partial charge in [-0.1, -0.05) is 26.2 Å². The zero-order chi connectivity index (χ0) is 17.9. The lowest BCUT2D eigenvalue weighted by atomic mass is 10.2. The van der Waals surface area contributed by atoms with E-state index < -0.39 is 0 Å². The molecule has 2 N–H and O–H groups in total. The first-order valence-corrected chi connectivity index (χ1v) is 9.95. The maximum atomic E-state index is 12.3. The average molecular weight is 351 g/mol. The van der Waals surface area contributed by atoms with Gasteiger partial charge in [0, 0.05) is 39.1 Å². The molecular weight excluding hydrogens is 316 g/mol. The monoisotopic (exact) mass is 350 g/mol. The molecule has 1 aromatic heterocycles.